The van der Waals surface area contributed by atoms with E-state index in [1.165, 1.54) is 12.1 Å². The smallest absolute Gasteiger partial charge is 0.197 e. The van der Waals surface area contributed by atoms with E-state index in [-0.39, 0.29) is 22.8 Å². The van der Waals surface area contributed by atoms with Gasteiger partial charge in [0.1, 0.15) is 5.82 Å². The Morgan fingerprint density at radius 1 is 0.933 bits per heavy atom. The van der Waals surface area contributed by atoms with Gasteiger partial charge in [0.2, 0.25) is 0 Å². The standard InChI is InChI=1S/C23H31FN2O3S/c24-17-7-9-18(10-8-17)30(29)19-11-15-25(16-12-19)13-3-4-14-26-22(27)20-5-1-2-6-21(20)23(26)28/h7-10,19,27-28H,1-6,11-16H2. The van der Waals surface area contributed by atoms with Crippen molar-refractivity contribution in [1.82, 2.24) is 9.47 Å². The number of fused-ring (bicyclic) bond motifs is 1. The predicted molar refractivity (Wildman–Crippen MR) is 116 cm³/mol. The molecule has 0 spiro atoms. The van der Waals surface area contributed by atoms with Gasteiger partial charge in [0.05, 0.1) is 10.8 Å². The third kappa shape index (κ3) is 4.57. The molecule has 1 aromatic carbocycles. The van der Waals surface area contributed by atoms with Crippen LogP contribution >= 0.6 is 0 Å². The maximum absolute atomic E-state index is 13.1. The van der Waals surface area contributed by atoms with Crippen LogP contribution in [0, 0.1) is 5.82 Å². The second-order valence-corrected chi connectivity index (χ2v) is 10.2. The molecule has 0 bridgehead atoms. The van der Waals surface area contributed by atoms with Gasteiger partial charge in [-0.05, 0) is 95.3 Å². The Hall–Kier alpha value is -1.86. The Balaban J connectivity index is 1.21. The van der Waals surface area contributed by atoms with Crippen molar-refractivity contribution in [3.63, 3.8) is 0 Å². The summed E-state index contributed by atoms with van der Waals surface area (Å²) in [5.74, 6) is 0.213. The van der Waals surface area contributed by atoms with Crippen LogP contribution in [0.4, 0.5) is 4.39 Å². The number of piperidine rings is 1. The summed E-state index contributed by atoms with van der Waals surface area (Å²) < 4.78 is 27.4. The highest BCUT2D eigenvalue weighted by atomic mass is 32.2. The molecule has 1 aliphatic carbocycles. The molecular weight excluding hydrogens is 403 g/mol. The number of hydrogen-bond donors (Lipinski definition) is 2. The van der Waals surface area contributed by atoms with Crippen LogP contribution in [-0.2, 0) is 30.2 Å². The van der Waals surface area contributed by atoms with E-state index in [1.54, 1.807) is 16.7 Å². The topological polar surface area (TPSA) is 65.7 Å². The Morgan fingerprint density at radius 2 is 1.50 bits per heavy atom. The Morgan fingerprint density at radius 3 is 2.10 bits per heavy atom. The molecule has 5 nitrogen and oxygen atoms in total. The van der Waals surface area contributed by atoms with Crippen molar-refractivity contribution < 1.29 is 18.8 Å². The summed E-state index contributed by atoms with van der Waals surface area (Å²) in [7, 11) is -1.08. The summed E-state index contributed by atoms with van der Waals surface area (Å²) >= 11 is 0. The molecule has 1 fully saturated rings. The molecule has 1 unspecified atom stereocenters. The van der Waals surface area contributed by atoms with Crippen molar-refractivity contribution in [3.05, 3.63) is 41.2 Å². The number of unbranched alkanes of at least 4 members (excludes halogenated alkanes) is 1. The van der Waals surface area contributed by atoms with Crippen molar-refractivity contribution in [2.45, 2.75) is 68.1 Å². The molecule has 7 heteroatoms. The average Bonchev–Trinajstić information content (AvgIpc) is 3.02. The molecule has 1 atom stereocenters. The first-order valence-corrected chi connectivity index (χ1v) is 12.3. The van der Waals surface area contributed by atoms with Gasteiger partial charge in [-0.25, -0.2) is 4.39 Å². The zero-order valence-corrected chi connectivity index (χ0v) is 18.2. The van der Waals surface area contributed by atoms with Gasteiger partial charge >= 0.3 is 0 Å². The first-order chi connectivity index (χ1) is 14.5. The Kier molecular flexibility index (Phi) is 6.78. The first kappa shape index (κ1) is 21.4. The summed E-state index contributed by atoms with van der Waals surface area (Å²) in [6.07, 6.45) is 7.53. The fourth-order valence-electron chi connectivity index (χ4n) is 4.75. The van der Waals surface area contributed by atoms with Gasteiger partial charge in [-0.1, -0.05) is 0 Å². The zero-order valence-electron chi connectivity index (χ0n) is 17.4. The van der Waals surface area contributed by atoms with E-state index in [1.807, 2.05) is 0 Å². The van der Waals surface area contributed by atoms with Gasteiger partial charge < -0.3 is 15.1 Å². The fraction of sp³-hybridized carbons (Fsp3) is 0.565. The molecule has 4 rings (SSSR count). The van der Waals surface area contributed by atoms with Crippen molar-refractivity contribution in [1.29, 1.82) is 0 Å². The van der Waals surface area contributed by atoms with E-state index >= 15 is 0 Å². The number of hydrogen-bond acceptors (Lipinski definition) is 4. The maximum Gasteiger partial charge on any atom is 0.197 e. The molecule has 164 valence electrons. The normalized spacial score (nSPS) is 19.0. The molecule has 1 aliphatic heterocycles. The lowest BCUT2D eigenvalue weighted by atomic mass is 9.95. The molecule has 2 heterocycles. The van der Waals surface area contributed by atoms with Crippen LogP contribution < -0.4 is 0 Å². The van der Waals surface area contributed by atoms with Crippen LogP contribution in [0.25, 0.3) is 0 Å². The van der Waals surface area contributed by atoms with E-state index in [0.29, 0.717) is 11.4 Å². The van der Waals surface area contributed by atoms with Crippen LogP contribution in [0.1, 0.15) is 49.7 Å². The number of benzene rings is 1. The molecule has 0 saturated carbocycles. The summed E-state index contributed by atoms with van der Waals surface area (Å²) in [6.45, 7) is 3.45. The monoisotopic (exact) mass is 434 g/mol. The number of nitrogens with zero attached hydrogens (tertiary/aromatic N) is 2. The van der Waals surface area contributed by atoms with Crippen LogP contribution in [0.2, 0.25) is 0 Å². The Labute approximate surface area is 180 Å². The van der Waals surface area contributed by atoms with Gasteiger partial charge in [-0.2, -0.15) is 0 Å². The van der Waals surface area contributed by atoms with Gasteiger partial charge in [0, 0.05) is 27.8 Å². The lowest BCUT2D eigenvalue weighted by Crippen LogP contribution is -2.38. The van der Waals surface area contributed by atoms with E-state index in [2.05, 4.69) is 4.90 Å². The van der Waals surface area contributed by atoms with E-state index in [9.17, 15) is 18.8 Å². The first-order valence-electron chi connectivity index (χ1n) is 11.0. The maximum atomic E-state index is 13.1. The van der Waals surface area contributed by atoms with Crippen molar-refractivity contribution in [3.8, 4) is 11.8 Å². The Bertz CT molecular complexity index is 859. The summed E-state index contributed by atoms with van der Waals surface area (Å²) in [5.41, 5.74) is 1.88. The second kappa shape index (κ2) is 9.52. The van der Waals surface area contributed by atoms with Crippen LogP contribution in [0.3, 0.4) is 0 Å². The molecule has 2 aliphatic rings. The molecule has 2 N–H and O–H groups in total. The number of halogens is 1. The summed E-state index contributed by atoms with van der Waals surface area (Å²) in [6, 6.07) is 6.00. The molecular formula is C23H31FN2O3S. The number of aromatic hydroxyl groups is 2. The third-order valence-electron chi connectivity index (χ3n) is 6.51. The SMILES string of the molecule is O=S(c1ccc(F)cc1)C1CCN(CCCCn2c(O)c3c(c2O)CCCC3)CC1. The largest absolute Gasteiger partial charge is 0.494 e. The van der Waals surface area contributed by atoms with Crippen LogP contribution in [-0.4, -0.2) is 48.8 Å². The third-order valence-corrected chi connectivity index (χ3v) is 8.32. The molecule has 1 aromatic heterocycles. The molecule has 30 heavy (non-hydrogen) atoms. The number of rotatable bonds is 7. The van der Waals surface area contributed by atoms with Gasteiger partial charge in [0.25, 0.3) is 0 Å². The molecule has 0 radical (unpaired) electrons. The highest BCUT2D eigenvalue weighted by Crippen LogP contribution is 2.38. The van der Waals surface area contributed by atoms with Crippen molar-refractivity contribution in [2.75, 3.05) is 19.6 Å². The highest BCUT2D eigenvalue weighted by molar-refractivity contribution is 7.85. The molecule has 2 aromatic rings. The minimum atomic E-state index is -1.08. The van der Waals surface area contributed by atoms with Gasteiger partial charge in [0.15, 0.2) is 11.8 Å². The lowest BCUT2D eigenvalue weighted by Gasteiger charge is -2.31. The number of likely N-dealkylation sites (tertiary alicyclic amines) is 1. The molecule has 1 saturated heterocycles. The van der Waals surface area contributed by atoms with E-state index in [0.717, 1.165) is 82.1 Å². The molecule has 0 amide bonds. The van der Waals surface area contributed by atoms with E-state index < -0.39 is 10.8 Å². The van der Waals surface area contributed by atoms with Gasteiger partial charge in [-0.3, -0.25) is 8.78 Å². The predicted octanol–water partition coefficient (Wildman–Crippen LogP) is 3.97. The minimum absolute atomic E-state index is 0.131. The fourth-order valence-corrected chi connectivity index (χ4v) is 6.18. The average molecular weight is 435 g/mol. The van der Waals surface area contributed by atoms with Gasteiger partial charge in [-0.15, -0.1) is 0 Å². The summed E-state index contributed by atoms with van der Waals surface area (Å²) in [5, 5.41) is 21.0. The van der Waals surface area contributed by atoms with Crippen LogP contribution in [0.5, 0.6) is 11.8 Å². The number of aromatic nitrogens is 1. The van der Waals surface area contributed by atoms with Crippen LogP contribution in [0.15, 0.2) is 29.2 Å². The zero-order chi connectivity index (χ0) is 21.1. The highest BCUT2D eigenvalue weighted by Gasteiger charge is 2.26. The van der Waals surface area contributed by atoms with Crippen molar-refractivity contribution in [2.24, 2.45) is 0 Å². The summed E-state index contributed by atoms with van der Waals surface area (Å²) in [4.78, 5) is 3.11. The quantitative estimate of drug-likeness (QED) is 0.647. The lowest BCUT2D eigenvalue weighted by molar-refractivity contribution is 0.225. The second-order valence-electron chi connectivity index (χ2n) is 8.46. The van der Waals surface area contributed by atoms with Crippen molar-refractivity contribution >= 4 is 10.8 Å². The minimum Gasteiger partial charge on any atom is -0.494 e. The van der Waals surface area contributed by atoms with E-state index in [4.69, 9.17) is 0 Å².